The van der Waals surface area contributed by atoms with Gasteiger partial charge in [-0.25, -0.2) is 0 Å². The molecule has 0 heterocycles. The Balaban J connectivity index is 3.59. The predicted molar refractivity (Wildman–Crippen MR) is 88.7 cm³/mol. The molecule has 116 valence electrons. The van der Waals surface area contributed by atoms with E-state index in [1.807, 2.05) is 0 Å². The van der Waals surface area contributed by atoms with Crippen LogP contribution >= 0.6 is 0 Å². The SMILES string of the molecule is CCCCCCCCCC(CC(C)C(C)CC)NC. The van der Waals surface area contributed by atoms with Gasteiger partial charge in [0, 0.05) is 6.04 Å². The van der Waals surface area contributed by atoms with Crippen molar-refractivity contribution in [2.24, 2.45) is 11.8 Å². The average molecular weight is 270 g/mol. The molecule has 0 aliphatic carbocycles. The fourth-order valence-corrected chi connectivity index (χ4v) is 2.81. The standard InChI is InChI=1S/C18H39N/c1-6-8-9-10-11-12-13-14-18(19-5)15-17(4)16(3)7-2/h16-19H,6-15H2,1-5H3. The first-order valence-corrected chi connectivity index (χ1v) is 8.82. The van der Waals surface area contributed by atoms with E-state index < -0.39 is 0 Å². The molecule has 0 aromatic carbocycles. The van der Waals surface area contributed by atoms with Crippen molar-refractivity contribution in [1.82, 2.24) is 5.32 Å². The summed E-state index contributed by atoms with van der Waals surface area (Å²) in [6.07, 6.45) is 14.0. The maximum atomic E-state index is 3.52. The van der Waals surface area contributed by atoms with E-state index in [-0.39, 0.29) is 0 Å². The Morgan fingerprint density at radius 1 is 0.789 bits per heavy atom. The quantitative estimate of drug-likeness (QED) is 0.417. The largest absolute Gasteiger partial charge is 0.317 e. The third kappa shape index (κ3) is 10.4. The lowest BCUT2D eigenvalue weighted by Gasteiger charge is -2.24. The van der Waals surface area contributed by atoms with Gasteiger partial charge in [-0.05, 0) is 31.7 Å². The molecule has 0 aliphatic rings. The van der Waals surface area contributed by atoms with E-state index in [1.54, 1.807) is 0 Å². The average Bonchev–Trinajstić information content (AvgIpc) is 2.43. The van der Waals surface area contributed by atoms with E-state index in [9.17, 15) is 0 Å². The molecule has 0 bridgehead atoms. The van der Waals surface area contributed by atoms with Crippen molar-refractivity contribution in [3.05, 3.63) is 0 Å². The molecule has 3 atom stereocenters. The van der Waals surface area contributed by atoms with Gasteiger partial charge in [-0.2, -0.15) is 0 Å². The molecule has 0 saturated carbocycles. The van der Waals surface area contributed by atoms with E-state index in [0.717, 1.165) is 17.9 Å². The molecule has 3 unspecified atom stereocenters. The summed E-state index contributed by atoms with van der Waals surface area (Å²) in [6.45, 7) is 9.41. The number of nitrogens with one attached hydrogen (secondary N) is 1. The van der Waals surface area contributed by atoms with Gasteiger partial charge in [0.15, 0.2) is 0 Å². The molecule has 1 nitrogen and oxygen atoms in total. The van der Waals surface area contributed by atoms with Crippen molar-refractivity contribution < 1.29 is 0 Å². The maximum absolute atomic E-state index is 3.52. The van der Waals surface area contributed by atoms with Crippen LogP contribution in [0, 0.1) is 11.8 Å². The molecule has 0 spiro atoms. The number of unbranched alkanes of at least 4 members (excludes halogenated alkanes) is 6. The van der Waals surface area contributed by atoms with Crippen LogP contribution < -0.4 is 5.32 Å². The summed E-state index contributed by atoms with van der Waals surface area (Å²) in [7, 11) is 2.13. The Morgan fingerprint density at radius 3 is 1.89 bits per heavy atom. The molecule has 0 rings (SSSR count). The third-order valence-electron chi connectivity index (χ3n) is 4.84. The van der Waals surface area contributed by atoms with Crippen LogP contribution in [0.2, 0.25) is 0 Å². The van der Waals surface area contributed by atoms with Crippen molar-refractivity contribution in [2.75, 3.05) is 7.05 Å². The monoisotopic (exact) mass is 269 g/mol. The molecule has 19 heavy (non-hydrogen) atoms. The van der Waals surface area contributed by atoms with Crippen molar-refractivity contribution in [1.29, 1.82) is 0 Å². The van der Waals surface area contributed by atoms with Gasteiger partial charge in [-0.3, -0.25) is 0 Å². The lowest BCUT2D eigenvalue weighted by Crippen LogP contribution is -2.28. The summed E-state index contributed by atoms with van der Waals surface area (Å²) in [5.41, 5.74) is 0. The minimum atomic E-state index is 0.736. The van der Waals surface area contributed by atoms with Crippen LogP contribution in [-0.4, -0.2) is 13.1 Å². The van der Waals surface area contributed by atoms with Crippen LogP contribution in [0.4, 0.5) is 0 Å². The van der Waals surface area contributed by atoms with Crippen molar-refractivity contribution >= 4 is 0 Å². The molecule has 0 aliphatic heterocycles. The summed E-state index contributed by atoms with van der Waals surface area (Å²) in [5.74, 6) is 1.72. The second-order valence-electron chi connectivity index (χ2n) is 6.49. The van der Waals surface area contributed by atoms with E-state index in [2.05, 4.69) is 40.1 Å². The highest BCUT2D eigenvalue weighted by molar-refractivity contribution is 4.71. The minimum absolute atomic E-state index is 0.736. The first kappa shape index (κ1) is 19.0. The van der Waals surface area contributed by atoms with Crippen molar-refractivity contribution in [2.45, 2.75) is 97.9 Å². The van der Waals surface area contributed by atoms with E-state index in [1.165, 1.54) is 64.2 Å². The Kier molecular flexibility index (Phi) is 12.9. The van der Waals surface area contributed by atoms with Gasteiger partial charge in [0.1, 0.15) is 0 Å². The second-order valence-corrected chi connectivity index (χ2v) is 6.49. The molecule has 0 saturated heterocycles. The van der Waals surface area contributed by atoms with Gasteiger partial charge in [-0.1, -0.05) is 79.1 Å². The van der Waals surface area contributed by atoms with E-state index >= 15 is 0 Å². The van der Waals surface area contributed by atoms with Crippen molar-refractivity contribution in [3.8, 4) is 0 Å². The van der Waals surface area contributed by atoms with Gasteiger partial charge in [-0.15, -0.1) is 0 Å². The van der Waals surface area contributed by atoms with Gasteiger partial charge in [0.2, 0.25) is 0 Å². The summed E-state index contributed by atoms with van der Waals surface area (Å²) < 4.78 is 0. The molecule has 1 heteroatoms. The van der Waals surface area contributed by atoms with Crippen LogP contribution in [0.1, 0.15) is 91.9 Å². The lowest BCUT2D eigenvalue weighted by molar-refractivity contribution is 0.303. The van der Waals surface area contributed by atoms with E-state index in [0.29, 0.717) is 0 Å². The minimum Gasteiger partial charge on any atom is -0.317 e. The third-order valence-corrected chi connectivity index (χ3v) is 4.84. The molecule has 1 N–H and O–H groups in total. The Morgan fingerprint density at radius 2 is 1.37 bits per heavy atom. The van der Waals surface area contributed by atoms with Crippen LogP contribution in [0.15, 0.2) is 0 Å². The van der Waals surface area contributed by atoms with Crippen LogP contribution in [0.5, 0.6) is 0 Å². The van der Waals surface area contributed by atoms with Crippen LogP contribution in [-0.2, 0) is 0 Å². The smallest absolute Gasteiger partial charge is 0.00667 e. The lowest BCUT2D eigenvalue weighted by atomic mass is 9.86. The molecular formula is C18H39N. The fourth-order valence-electron chi connectivity index (χ4n) is 2.81. The van der Waals surface area contributed by atoms with Gasteiger partial charge < -0.3 is 5.32 Å². The summed E-state index contributed by atoms with van der Waals surface area (Å²) in [5, 5.41) is 3.52. The number of hydrogen-bond acceptors (Lipinski definition) is 1. The highest BCUT2D eigenvalue weighted by Gasteiger charge is 2.15. The summed E-state index contributed by atoms with van der Waals surface area (Å²) in [6, 6.07) is 0.736. The normalized spacial score (nSPS) is 16.3. The number of rotatable bonds is 13. The Bertz CT molecular complexity index is 179. The maximum Gasteiger partial charge on any atom is 0.00667 e. The van der Waals surface area contributed by atoms with Crippen molar-refractivity contribution in [3.63, 3.8) is 0 Å². The zero-order valence-corrected chi connectivity index (χ0v) is 14.3. The van der Waals surface area contributed by atoms with Gasteiger partial charge in [0.05, 0.1) is 0 Å². The molecule has 0 aromatic rings. The Labute approximate surface area is 122 Å². The number of hydrogen-bond donors (Lipinski definition) is 1. The highest BCUT2D eigenvalue weighted by atomic mass is 14.9. The highest BCUT2D eigenvalue weighted by Crippen LogP contribution is 2.22. The van der Waals surface area contributed by atoms with Crippen LogP contribution in [0.3, 0.4) is 0 Å². The van der Waals surface area contributed by atoms with E-state index in [4.69, 9.17) is 0 Å². The van der Waals surface area contributed by atoms with Gasteiger partial charge in [0.25, 0.3) is 0 Å². The first-order valence-electron chi connectivity index (χ1n) is 8.82. The molecule has 0 radical (unpaired) electrons. The predicted octanol–water partition coefficient (Wildman–Crippen LogP) is 5.79. The second kappa shape index (κ2) is 13.0. The Hall–Kier alpha value is -0.0400. The molecular weight excluding hydrogens is 230 g/mol. The fraction of sp³-hybridized carbons (Fsp3) is 1.00. The summed E-state index contributed by atoms with van der Waals surface area (Å²) >= 11 is 0. The summed E-state index contributed by atoms with van der Waals surface area (Å²) in [4.78, 5) is 0. The molecule has 0 amide bonds. The molecule has 0 fully saturated rings. The topological polar surface area (TPSA) is 12.0 Å². The van der Waals surface area contributed by atoms with Gasteiger partial charge >= 0.3 is 0 Å². The van der Waals surface area contributed by atoms with Crippen LogP contribution in [0.25, 0.3) is 0 Å². The zero-order chi connectivity index (χ0) is 14.5. The molecule has 0 aromatic heterocycles. The zero-order valence-electron chi connectivity index (χ0n) is 14.3. The first-order chi connectivity index (χ1) is 9.15.